The average molecular weight is 264 g/mol. The zero-order valence-corrected chi connectivity index (χ0v) is 12.4. The van der Waals surface area contributed by atoms with E-state index in [1.54, 1.807) is 0 Å². The van der Waals surface area contributed by atoms with Crippen molar-refractivity contribution >= 4 is 5.91 Å². The summed E-state index contributed by atoms with van der Waals surface area (Å²) in [7, 11) is 0. The van der Waals surface area contributed by atoms with Gasteiger partial charge < -0.3 is 4.90 Å². The molecule has 2 saturated carbocycles. The van der Waals surface area contributed by atoms with Crippen molar-refractivity contribution in [3.63, 3.8) is 0 Å². The van der Waals surface area contributed by atoms with Gasteiger partial charge in [-0.15, -0.1) is 0 Å². The molecule has 0 aromatic carbocycles. The van der Waals surface area contributed by atoms with E-state index >= 15 is 0 Å². The fourth-order valence-corrected chi connectivity index (χ4v) is 4.34. The Balaban J connectivity index is 1.80. The highest BCUT2D eigenvalue weighted by molar-refractivity contribution is 5.85. The van der Waals surface area contributed by atoms with E-state index in [2.05, 4.69) is 24.1 Å². The largest absolute Gasteiger partial charge is 0.323 e. The minimum Gasteiger partial charge on any atom is -0.323 e. The molecule has 2 unspecified atom stereocenters. The molecule has 19 heavy (non-hydrogen) atoms. The van der Waals surface area contributed by atoms with Crippen LogP contribution < -0.4 is 5.32 Å². The van der Waals surface area contributed by atoms with Crippen LogP contribution in [0.25, 0.3) is 0 Å². The minimum absolute atomic E-state index is 0.0613. The molecule has 0 spiro atoms. The molecule has 0 aromatic rings. The van der Waals surface area contributed by atoms with Crippen molar-refractivity contribution < 1.29 is 4.79 Å². The van der Waals surface area contributed by atoms with Crippen LogP contribution in [-0.2, 0) is 4.79 Å². The van der Waals surface area contributed by atoms with Gasteiger partial charge in [0.15, 0.2) is 0 Å². The molecule has 0 aromatic heterocycles. The number of nitrogens with one attached hydrogen (secondary N) is 1. The molecule has 1 heterocycles. The summed E-state index contributed by atoms with van der Waals surface area (Å²) in [5.74, 6) is 1.50. The number of carbonyl (C=O) groups excluding carboxylic acids is 1. The van der Waals surface area contributed by atoms with Gasteiger partial charge in [0, 0.05) is 6.04 Å². The smallest absolute Gasteiger partial charge is 0.241 e. The third-order valence-electron chi connectivity index (χ3n) is 5.40. The van der Waals surface area contributed by atoms with Crippen molar-refractivity contribution in [2.45, 2.75) is 83.5 Å². The van der Waals surface area contributed by atoms with Gasteiger partial charge >= 0.3 is 0 Å². The summed E-state index contributed by atoms with van der Waals surface area (Å²) in [5, 5.41) is 3.69. The van der Waals surface area contributed by atoms with Gasteiger partial charge in [0.1, 0.15) is 0 Å². The van der Waals surface area contributed by atoms with Crippen LogP contribution in [0.4, 0.5) is 0 Å². The van der Waals surface area contributed by atoms with Gasteiger partial charge in [0.25, 0.3) is 0 Å². The first-order chi connectivity index (χ1) is 9.18. The predicted molar refractivity (Wildman–Crippen MR) is 76.6 cm³/mol. The molecule has 3 fully saturated rings. The SMILES string of the molecule is CC(C)C1NC(C2CCCC2)N(C2CCCC2)C1=O. The van der Waals surface area contributed by atoms with Gasteiger partial charge in [-0.3, -0.25) is 10.1 Å². The molecular formula is C16H28N2O. The molecule has 0 radical (unpaired) electrons. The van der Waals surface area contributed by atoms with Crippen molar-refractivity contribution in [2.75, 3.05) is 0 Å². The van der Waals surface area contributed by atoms with Crippen LogP contribution in [0.3, 0.4) is 0 Å². The van der Waals surface area contributed by atoms with Crippen LogP contribution in [0.2, 0.25) is 0 Å². The third-order valence-corrected chi connectivity index (χ3v) is 5.40. The topological polar surface area (TPSA) is 32.3 Å². The van der Waals surface area contributed by atoms with Crippen molar-refractivity contribution in [3.8, 4) is 0 Å². The number of amides is 1. The molecule has 108 valence electrons. The average Bonchev–Trinajstić information content (AvgIpc) is 3.07. The fraction of sp³-hybridized carbons (Fsp3) is 0.938. The monoisotopic (exact) mass is 264 g/mol. The highest BCUT2D eigenvalue weighted by Gasteiger charge is 2.47. The molecule has 0 bridgehead atoms. The Morgan fingerprint density at radius 2 is 1.63 bits per heavy atom. The standard InChI is InChI=1S/C16H28N2O/c1-11(2)14-16(19)18(13-9-5-6-10-13)15(17-14)12-7-3-4-8-12/h11-15,17H,3-10H2,1-2H3. The molecule has 3 heteroatoms. The second kappa shape index (κ2) is 5.43. The second-order valence-corrected chi connectivity index (χ2v) is 7.06. The summed E-state index contributed by atoms with van der Waals surface area (Å²) in [4.78, 5) is 15.0. The first kappa shape index (κ1) is 13.4. The normalized spacial score (nSPS) is 34.1. The molecular weight excluding hydrogens is 236 g/mol. The van der Waals surface area contributed by atoms with Gasteiger partial charge in [-0.05, 0) is 37.5 Å². The minimum atomic E-state index is 0.0613. The highest BCUT2D eigenvalue weighted by atomic mass is 16.2. The van der Waals surface area contributed by atoms with Gasteiger partial charge in [0.2, 0.25) is 5.91 Å². The van der Waals surface area contributed by atoms with E-state index in [0.717, 1.165) is 0 Å². The first-order valence-corrected chi connectivity index (χ1v) is 8.26. The maximum Gasteiger partial charge on any atom is 0.241 e. The van der Waals surface area contributed by atoms with Gasteiger partial charge in [-0.1, -0.05) is 39.5 Å². The number of nitrogens with zero attached hydrogens (tertiary/aromatic N) is 1. The Labute approximate surface area is 117 Å². The van der Waals surface area contributed by atoms with Gasteiger partial charge in [-0.2, -0.15) is 0 Å². The van der Waals surface area contributed by atoms with Gasteiger partial charge in [-0.25, -0.2) is 0 Å². The Morgan fingerprint density at radius 3 is 2.21 bits per heavy atom. The fourth-order valence-electron chi connectivity index (χ4n) is 4.34. The van der Waals surface area contributed by atoms with Crippen LogP contribution in [0, 0.1) is 11.8 Å². The summed E-state index contributed by atoms with van der Waals surface area (Å²) in [5.41, 5.74) is 0. The lowest BCUT2D eigenvalue weighted by Crippen LogP contribution is -2.47. The Bertz CT molecular complexity index is 330. The molecule has 3 aliphatic rings. The van der Waals surface area contributed by atoms with E-state index in [4.69, 9.17) is 0 Å². The molecule has 1 aliphatic heterocycles. The summed E-state index contributed by atoms with van der Waals surface area (Å²) < 4.78 is 0. The van der Waals surface area contributed by atoms with E-state index in [9.17, 15) is 4.79 Å². The quantitative estimate of drug-likeness (QED) is 0.850. The van der Waals surface area contributed by atoms with Crippen molar-refractivity contribution in [3.05, 3.63) is 0 Å². The van der Waals surface area contributed by atoms with E-state index in [0.29, 0.717) is 30.0 Å². The zero-order chi connectivity index (χ0) is 13.4. The first-order valence-electron chi connectivity index (χ1n) is 8.26. The molecule has 1 saturated heterocycles. The maximum atomic E-state index is 12.8. The highest BCUT2D eigenvalue weighted by Crippen LogP contribution is 2.37. The van der Waals surface area contributed by atoms with Crippen molar-refractivity contribution in [1.82, 2.24) is 10.2 Å². The maximum absolute atomic E-state index is 12.8. The molecule has 3 nitrogen and oxygen atoms in total. The third kappa shape index (κ3) is 2.42. The molecule has 3 rings (SSSR count). The van der Waals surface area contributed by atoms with Crippen LogP contribution in [0.1, 0.15) is 65.2 Å². The lowest BCUT2D eigenvalue weighted by Gasteiger charge is -2.33. The second-order valence-electron chi connectivity index (χ2n) is 7.06. The number of rotatable bonds is 3. The molecule has 1 N–H and O–H groups in total. The van der Waals surface area contributed by atoms with Crippen LogP contribution in [-0.4, -0.2) is 29.1 Å². The van der Waals surface area contributed by atoms with Crippen LogP contribution in [0.5, 0.6) is 0 Å². The Hall–Kier alpha value is -0.570. The van der Waals surface area contributed by atoms with E-state index < -0.39 is 0 Å². The van der Waals surface area contributed by atoms with Crippen molar-refractivity contribution in [2.24, 2.45) is 11.8 Å². The predicted octanol–water partition coefficient (Wildman–Crippen LogP) is 2.90. The van der Waals surface area contributed by atoms with E-state index in [1.165, 1.54) is 51.4 Å². The summed E-state index contributed by atoms with van der Waals surface area (Å²) in [6, 6.07) is 0.584. The van der Waals surface area contributed by atoms with Gasteiger partial charge in [0.05, 0.1) is 12.2 Å². The number of hydrogen-bond acceptors (Lipinski definition) is 2. The van der Waals surface area contributed by atoms with Crippen molar-refractivity contribution in [1.29, 1.82) is 0 Å². The lowest BCUT2D eigenvalue weighted by atomic mass is 10.0. The number of hydrogen-bond donors (Lipinski definition) is 1. The van der Waals surface area contributed by atoms with E-state index in [-0.39, 0.29) is 6.04 Å². The Morgan fingerprint density at radius 1 is 1.05 bits per heavy atom. The molecule has 2 aliphatic carbocycles. The molecule has 2 atom stereocenters. The van der Waals surface area contributed by atoms with Crippen LogP contribution >= 0.6 is 0 Å². The zero-order valence-electron chi connectivity index (χ0n) is 12.4. The van der Waals surface area contributed by atoms with Crippen LogP contribution in [0.15, 0.2) is 0 Å². The molecule has 1 amide bonds. The summed E-state index contributed by atoms with van der Waals surface area (Å²) in [6.45, 7) is 4.33. The van der Waals surface area contributed by atoms with E-state index in [1.807, 2.05) is 0 Å². The Kier molecular flexibility index (Phi) is 3.84. The number of carbonyl (C=O) groups is 1. The summed E-state index contributed by atoms with van der Waals surface area (Å²) in [6.07, 6.45) is 10.7. The summed E-state index contributed by atoms with van der Waals surface area (Å²) >= 11 is 0. The lowest BCUT2D eigenvalue weighted by molar-refractivity contribution is -0.133.